The molecule has 33 heavy (non-hydrogen) atoms. The maximum Gasteiger partial charge on any atom is 0.407 e. The maximum absolute atomic E-state index is 12.6. The Morgan fingerprint density at radius 2 is 1.58 bits per heavy atom. The maximum atomic E-state index is 12.6. The van der Waals surface area contributed by atoms with Crippen LogP contribution in [0.25, 0.3) is 11.1 Å². The molecular formula is C25H30N2O6. The molecule has 0 aliphatic heterocycles. The molecule has 8 nitrogen and oxygen atoms in total. The summed E-state index contributed by atoms with van der Waals surface area (Å²) in [6.45, 7) is 3.69. The fourth-order valence-electron chi connectivity index (χ4n) is 4.05. The highest BCUT2D eigenvalue weighted by Gasteiger charge is 2.31. The van der Waals surface area contributed by atoms with Gasteiger partial charge in [0.1, 0.15) is 12.6 Å². The summed E-state index contributed by atoms with van der Waals surface area (Å²) < 4.78 is 10.8. The second-order valence-electron chi connectivity index (χ2n) is 8.34. The summed E-state index contributed by atoms with van der Waals surface area (Å²) in [5.41, 5.74) is 4.45. The first-order valence-electron chi connectivity index (χ1n) is 11.0. The number of hydrogen-bond acceptors (Lipinski definition) is 5. The van der Waals surface area contributed by atoms with Crippen LogP contribution in [0.15, 0.2) is 48.5 Å². The van der Waals surface area contributed by atoms with E-state index in [1.807, 2.05) is 36.4 Å². The lowest BCUT2D eigenvalue weighted by molar-refractivity contribution is -0.138. The monoisotopic (exact) mass is 454 g/mol. The number of carboxylic acids is 1. The molecule has 2 aromatic carbocycles. The van der Waals surface area contributed by atoms with E-state index in [1.165, 1.54) is 7.11 Å². The Bertz CT molecular complexity index is 962. The number of nitrogens with one attached hydrogen (secondary N) is 2. The van der Waals surface area contributed by atoms with Crippen molar-refractivity contribution in [2.75, 3.05) is 20.3 Å². The fraction of sp³-hybridized carbons (Fsp3) is 0.400. The van der Waals surface area contributed by atoms with Gasteiger partial charge < -0.3 is 25.2 Å². The van der Waals surface area contributed by atoms with Crippen LogP contribution in [0.5, 0.6) is 0 Å². The molecule has 0 heterocycles. The highest BCUT2D eigenvalue weighted by atomic mass is 16.5. The Morgan fingerprint density at radius 1 is 1.00 bits per heavy atom. The van der Waals surface area contributed by atoms with E-state index in [2.05, 4.69) is 22.8 Å². The number of fused-ring (bicyclic) bond motifs is 3. The molecule has 2 aromatic rings. The smallest absolute Gasteiger partial charge is 0.407 e. The molecule has 176 valence electrons. The van der Waals surface area contributed by atoms with Crippen molar-refractivity contribution < 1.29 is 29.0 Å². The molecule has 8 heteroatoms. The van der Waals surface area contributed by atoms with E-state index in [0.29, 0.717) is 0 Å². The predicted molar refractivity (Wildman–Crippen MR) is 123 cm³/mol. The number of alkyl carbamates (subject to hydrolysis) is 1. The van der Waals surface area contributed by atoms with Crippen LogP contribution >= 0.6 is 0 Å². The van der Waals surface area contributed by atoms with Crippen LogP contribution in [0.1, 0.15) is 37.3 Å². The molecule has 3 unspecified atom stereocenters. The number of ether oxygens (including phenoxy) is 2. The van der Waals surface area contributed by atoms with Gasteiger partial charge in [-0.1, -0.05) is 55.5 Å². The minimum Gasteiger partial charge on any atom is -0.481 e. The van der Waals surface area contributed by atoms with Crippen LogP contribution < -0.4 is 10.6 Å². The number of amides is 2. The highest BCUT2D eigenvalue weighted by Crippen LogP contribution is 2.44. The Morgan fingerprint density at radius 3 is 2.12 bits per heavy atom. The molecular weight excluding hydrogens is 424 g/mol. The summed E-state index contributed by atoms with van der Waals surface area (Å²) in [6.07, 6.45) is -1.40. The number of carbonyl (C=O) groups excluding carboxylic acids is 2. The molecule has 0 saturated heterocycles. The Hall–Kier alpha value is -3.39. The predicted octanol–water partition coefficient (Wildman–Crippen LogP) is 3.16. The van der Waals surface area contributed by atoms with E-state index in [1.54, 1.807) is 13.8 Å². The van der Waals surface area contributed by atoms with Gasteiger partial charge in [0.25, 0.3) is 0 Å². The Labute approximate surface area is 193 Å². The minimum absolute atomic E-state index is 0.0649. The Kier molecular flexibility index (Phi) is 8.06. The van der Waals surface area contributed by atoms with Gasteiger partial charge in [0.05, 0.1) is 6.10 Å². The summed E-state index contributed by atoms with van der Waals surface area (Å²) in [4.78, 5) is 36.1. The van der Waals surface area contributed by atoms with Crippen molar-refractivity contribution in [3.05, 3.63) is 59.7 Å². The van der Waals surface area contributed by atoms with E-state index >= 15 is 0 Å². The lowest BCUT2D eigenvalue weighted by atomic mass is 9.98. The normalized spacial score (nSPS) is 15.0. The zero-order valence-electron chi connectivity index (χ0n) is 19.0. The van der Waals surface area contributed by atoms with Gasteiger partial charge in [-0.3, -0.25) is 9.59 Å². The van der Waals surface area contributed by atoms with Gasteiger partial charge in [-0.2, -0.15) is 0 Å². The Balaban J connectivity index is 1.62. The highest BCUT2D eigenvalue weighted by molar-refractivity contribution is 5.86. The van der Waals surface area contributed by atoms with Crippen LogP contribution in [-0.4, -0.2) is 55.5 Å². The van der Waals surface area contributed by atoms with Crippen molar-refractivity contribution in [1.82, 2.24) is 10.6 Å². The van der Waals surface area contributed by atoms with E-state index in [4.69, 9.17) is 14.6 Å². The van der Waals surface area contributed by atoms with E-state index in [9.17, 15) is 14.4 Å². The number of aliphatic carboxylic acids is 1. The summed E-state index contributed by atoms with van der Waals surface area (Å²) in [6, 6.07) is 15.1. The van der Waals surface area contributed by atoms with E-state index < -0.39 is 30.1 Å². The van der Waals surface area contributed by atoms with Crippen LogP contribution in [0.4, 0.5) is 4.79 Å². The SMILES string of the molecule is COC(C)C(NC(=O)OCC1c2ccccc2-c2ccccc21)C(=O)NCC(C)CC(=O)O. The number of methoxy groups -OCH3 is 1. The van der Waals surface area contributed by atoms with Crippen molar-refractivity contribution in [3.63, 3.8) is 0 Å². The summed E-state index contributed by atoms with van der Waals surface area (Å²) in [5.74, 6) is -1.74. The summed E-state index contributed by atoms with van der Waals surface area (Å²) in [7, 11) is 1.44. The number of benzene rings is 2. The van der Waals surface area contributed by atoms with Crippen LogP contribution in [0.2, 0.25) is 0 Å². The third-order valence-corrected chi connectivity index (χ3v) is 5.89. The molecule has 2 amide bonds. The molecule has 0 aromatic heterocycles. The molecule has 0 radical (unpaired) electrons. The third-order valence-electron chi connectivity index (χ3n) is 5.89. The average Bonchev–Trinajstić information content (AvgIpc) is 3.12. The van der Waals surface area contributed by atoms with Crippen molar-refractivity contribution in [2.24, 2.45) is 5.92 Å². The van der Waals surface area contributed by atoms with Gasteiger partial charge in [-0.05, 0) is 35.1 Å². The quantitative estimate of drug-likeness (QED) is 0.508. The van der Waals surface area contributed by atoms with E-state index in [0.717, 1.165) is 22.3 Å². The van der Waals surface area contributed by atoms with Gasteiger partial charge in [-0.15, -0.1) is 0 Å². The average molecular weight is 455 g/mol. The lowest BCUT2D eigenvalue weighted by Crippen LogP contribution is -2.53. The fourth-order valence-corrected chi connectivity index (χ4v) is 4.05. The van der Waals surface area contributed by atoms with Crippen LogP contribution in [0.3, 0.4) is 0 Å². The zero-order chi connectivity index (χ0) is 24.0. The second kappa shape index (κ2) is 11.0. The molecule has 1 aliphatic carbocycles. The van der Waals surface area contributed by atoms with Gasteiger partial charge in [-0.25, -0.2) is 4.79 Å². The van der Waals surface area contributed by atoms with Crippen molar-refractivity contribution in [2.45, 2.75) is 38.3 Å². The minimum atomic E-state index is -0.984. The van der Waals surface area contributed by atoms with Gasteiger partial charge in [0, 0.05) is 26.0 Å². The first kappa shape index (κ1) is 24.3. The number of carboxylic acid groups (broad SMARTS) is 1. The molecule has 0 bridgehead atoms. The van der Waals surface area contributed by atoms with Gasteiger partial charge in [0.15, 0.2) is 0 Å². The van der Waals surface area contributed by atoms with Crippen LogP contribution in [-0.2, 0) is 19.1 Å². The lowest BCUT2D eigenvalue weighted by Gasteiger charge is -2.24. The first-order chi connectivity index (χ1) is 15.8. The molecule has 3 N–H and O–H groups in total. The summed E-state index contributed by atoms with van der Waals surface area (Å²) >= 11 is 0. The van der Waals surface area contributed by atoms with Crippen LogP contribution in [0, 0.1) is 5.92 Å². The second-order valence-corrected chi connectivity index (χ2v) is 8.34. The van der Waals surface area contributed by atoms with Crippen molar-refractivity contribution in [1.29, 1.82) is 0 Å². The number of carbonyl (C=O) groups is 3. The molecule has 3 rings (SSSR count). The molecule has 1 aliphatic rings. The third kappa shape index (κ3) is 5.90. The number of rotatable bonds is 10. The molecule has 0 saturated carbocycles. The molecule has 0 spiro atoms. The van der Waals surface area contributed by atoms with E-state index in [-0.39, 0.29) is 31.4 Å². The van der Waals surface area contributed by atoms with Crippen molar-refractivity contribution in [3.8, 4) is 11.1 Å². The zero-order valence-corrected chi connectivity index (χ0v) is 19.0. The number of hydrogen-bond donors (Lipinski definition) is 3. The molecule has 3 atom stereocenters. The van der Waals surface area contributed by atoms with Gasteiger partial charge >= 0.3 is 12.1 Å². The molecule has 0 fully saturated rings. The first-order valence-corrected chi connectivity index (χ1v) is 11.0. The standard InChI is InChI=1S/C25H30N2O6/c1-15(12-22(28)29)13-26-24(30)23(16(2)32-3)27-25(31)33-14-21-19-10-6-4-8-17(19)18-9-5-7-11-20(18)21/h4-11,15-16,21,23H,12-14H2,1-3H3,(H,26,30)(H,27,31)(H,28,29). The van der Waals surface area contributed by atoms with Crippen molar-refractivity contribution >= 4 is 18.0 Å². The van der Waals surface area contributed by atoms with Gasteiger partial charge in [0.2, 0.25) is 5.91 Å². The summed E-state index contributed by atoms with van der Waals surface area (Å²) in [5, 5.41) is 14.1. The topological polar surface area (TPSA) is 114 Å². The largest absolute Gasteiger partial charge is 0.481 e.